The van der Waals surface area contributed by atoms with E-state index >= 15 is 0 Å². The molecule has 1 aromatic carbocycles. The van der Waals surface area contributed by atoms with E-state index in [9.17, 15) is 9.59 Å². The third kappa shape index (κ3) is 3.85. The molecule has 0 unspecified atom stereocenters. The summed E-state index contributed by atoms with van der Waals surface area (Å²) < 4.78 is 5.01. The highest BCUT2D eigenvalue weighted by atomic mass is 16.5. The van der Waals surface area contributed by atoms with Gasteiger partial charge >= 0.3 is 5.97 Å². The molecule has 0 fully saturated rings. The first-order chi connectivity index (χ1) is 8.99. The smallest absolute Gasteiger partial charge is 0.326 e. The number of aliphatic hydroxyl groups is 1. The molecule has 0 aliphatic heterocycles. The van der Waals surface area contributed by atoms with Crippen LogP contribution in [-0.2, 0) is 4.79 Å². The highest BCUT2D eigenvalue weighted by Gasteiger charge is 2.21. The van der Waals surface area contributed by atoms with Gasteiger partial charge in [-0.05, 0) is 12.1 Å². The minimum atomic E-state index is -1.21. The van der Waals surface area contributed by atoms with Crippen LogP contribution in [-0.4, -0.2) is 41.8 Å². The number of aliphatic hydroxyl groups excluding tert-OH is 1. The van der Waals surface area contributed by atoms with E-state index in [1.54, 1.807) is 0 Å². The van der Waals surface area contributed by atoms with Crippen LogP contribution in [0.5, 0.6) is 5.75 Å². The molecule has 0 saturated heterocycles. The summed E-state index contributed by atoms with van der Waals surface area (Å²) in [6.45, 7) is -0.337. The number of rotatable bonds is 6. The van der Waals surface area contributed by atoms with Crippen LogP contribution >= 0.6 is 0 Å². The molecule has 19 heavy (non-hydrogen) atoms. The summed E-state index contributed by atoms with van der Waals surface area (Å²) in [5.74, 6) is -1.56. The van der Waals surface area contributed by atoms with Crippen LogP contribution < -0.4 is 15.8 Å². The van der Waals surface area contributed by atoms with Gasteiger partial charge < -0.3 is 26.0 Å². The SMILES string of the molecule is COc1cc(N)ccc1C(=O)N[C@H](CCO)C(=O)O. The summed E-state index contributed by atoms with van der Waals surface area (Å²) in [6, 6.07) is 3.27. The predicted octanol–water partition coefficient (Wildman–Crippen LogP) is -0.157. The fourth-order valence-corrected chi connectivity index (χ4v) is 1.52. The molecule has 0 aliphatic rings. The van der Waals surface area contributed by atoms with E-state index in [4.69, 9.17) is 20.7 Å². The fraction of sp³-hybridized carbons (Fsp3) is 0.333. The van der Waals surface area contributed by atoms with Crippen molar-refractivity contribution in [1.29, 1.82) is 0 Å². The molecule has 0 saturated carbocycles. The van der Waals surface area contributed by atoms with Crippen LogP contribution in [0.2, 0.25) is 0 Å². The lowest BCUT2D eigenvalue weighted by Gasteiger charge is -2.15. The number of benzene rings is 1. The number of nitrogens with two attached hydrogens (primary N) is 1. The maximum atomic E-state index is 11.9. The lowest BCUT2D eigenvalue weighted by Crippen LogP contribution is -2.41. The maximum absolute atomic E-state index is 11.9. The van der Waals surface area contributed by atoms with Crippen LogP contribution in [0.3, 0.4) is 0 Å². The highest BCUT2D eigenvalue weighted by molar-refractivity contribution is 5.99. The number of nitrogen functional groups attached to an aromatic ring is 1. The Bertz CT molecular complexity index is 475. The number of carboxylic acids is 1. The monoisotopic (exact) mass is 268 g/mol. The summed E-state index contributed by atoms with van der Waals surface area (Å²) in [7, 11) is 1.38. The summed E-state index contributed by atoms with van der Waals surface area (Å²) in [6.07, 6.45) is -0.0711. The molecule has 0 aliphatic carbocycles. The standard InChI is InChI=1S/C12H16N2O5/c1-19-10-6-7(13)2-3-8(10)11(16)14-9(4-5-15)12(17)18/h2-3,6,9,15H,4-5,13H2,1H3,(H,14,16)(H,17,18)/t9-/m1/s1. The van der Waals surface area contributed by atoms with E-state index < -0.39 is 17.9 Å². The molecule has 0 aromatic heterocycles. The number of aliphatic carboxylic acids is 1. The van der Waals surface area contributed by atoms with Crippen LogP contribution in [0.4, 0.5) is 5.69 Å². The van der Waals surface area contributed by atoms with Crippen molar-refractivity contribution in [2.45, 2.75) is 12.5 Å². The first-order valence-corrected chi connectivity index (χ1v) is 5.57. The number of hydrogen-bond donors (Lipinski definition) is 4. The number of nitrogens with one attached hydrogen (secondary N) is 1. The van der Waals surface area contributed by atoms with Crippen molar-refractivity contribution >= 4 is 17.6 Å². The van der Waals surface area contributed by atoms with Gasteiger partial charge in [-0.15, -0.1) is 0 Å². The Morgan fingerprint density at radius 2 is 2.16 bits per heavy atom. The Kier molecular flexibility index (Phi) is 5.13. The Labute approximate surface area is 110 Å². The van der Waals surface area contributed by atoms with Crippen LogP contribution in [0.1, 0.15) is 16.8 Å². The minimum Gasteiger partial charge on any atom is -0.496 e. The lowest BCUT2D eigenvalue weighted by molar-refractivity contribution is -0.139. The number of carbonyl (C=O) groups excluding carboxylic acids is 1. The molecule has 0 bridgehead atoms. The van der Waals surface area contributed by atoms with Crippen LogP contribution in [0.15, 0.2) is 18.2 Å². The van der Waals surface area contributed by atoms with E-state index in [1.165, 1.54) is 25.3 Å². The zero-order chi connectivity index (χ0) is 14.4. The Balaban J connectivity index is 2.91. The number of amides is 1. The summed E-state index contributed by atoms with van der Waals surface area (Å²) in [5, 5.41) is 20.0. The second-order valence-corrected chi connectivity index (χ2v) is 3.84. The van der Waals surface area contributed by atoms with Gasteiger partial charge in [-0.1, -0.05) is 0 Å². The highest BCUT2D eigenvalue weighted by Crippen LogP contribution is 2.21. The van der Waals surface area contributed by atoms with Crippen LogP contribution in [0, 0.1) is 0 Å². The third-order valence-corrected chi connectivity index (χ3v) is 2.49. The topological polar surface area (TPSA) is 122 Å². The van der Waals surface area contributed by atoms with Gasteiger partial charge in [-0.3, -0.25) is 4.79 Å². The summed E-state index contributed by atoms with van der Waals surface area (Å²) >= 11 is 0. The predicted molar refractivity (Wildman–Crippen MR) is 68.0 cm³/mol. The summed E-state index contributed by atoms with van der Waals surface area (Å²) in [4.78, 5) is 22.8. The van der Waals surface area contributed by atoms with Gasteiger partial charge in [0.2, 0.25) is 0 Å². The average molecular weight is 268 g/mol. The molecule has 1 atom stereocenters. The van der Waals surface area contributed by atoms with Gasteiger partial charge in [-0.2, -0.15) is 0 Å². The van der Waals surface area contributed by atoms with Crippen molar-refractivity contribution in [3.63, 3.8) is 0 Å². The summed E-state index contributed by atoms with van der Waals surface area (Å²) in [5.41, 5.74) is 6.17. The molecule has 1 aromatic rings. The number of methoxy groups -OCH3 is 1. The number of hydrogen-bond acceptors (Lipinski definition) is 5. The van der Waals surface area contributed by atoms with Gasteiger partial charge in [0, 0.05) is 24.8 Å². The number of carboxylic acid groups (broad SMARTS) is 1. The molecular weight excluding hydrogens is 252 g/mol. The first kappa shape index (κ1) is 14.8. The van der Waals surface area contributed by atoms with Crippen molar-refractivity contribution in [3.05, 3.63) is 23.8 Å². The van der Waals surface area contributed by atoms with E-state index in [1.807, 2.05) is 0 Å². The molecule has 7 nitrogen and oxygen atoms in total. The fourth-order valence-electron chi connectivity index (χ4n) is 1.52. The second-order valence-electron chi connectivity index (χ2n) is 3.84. The first-order valence-electron chi connectivity index (χ1n) is 5.57. The number of ether oxygens (including phenoxy) is 1. The Hall–Kier alpha value is -2.28. The zero-order valence-corrected chi connectivity index (χ0v) is 10.4. The molecule has 7 heteroatoms. The Morgan fingerprint density at radius 1 is 1.47 bits per heavy atom. The quantitative estimate of drug-likeness (QED) is 0.532. The average Bonchev–Trinajstić information content (AvgIpc) is 2.37. The third-order valence-electron chi connectivity index (χ3n) is 2.49. The molecule has 0 spiro atoms. The van der Waals surface area contributed by atoms with E-state index in [-0.39, 0.29) is 24.3 Å². The van der Waals surface area contributed by atoms with Crippen molar-refractivity contribution in [2.75, 3.05) is 19.5 Å². The molecule has 104 valence electrons. The largest absolute Gasteiger partial charge is 0.496 e. The van der Waals surface area contributed by atoms with Crippen molar-refractivity contribution < 1.29 is 24.5 Å². The van der Waals surface area contributed by atoms with E-state index in [0.29, 0.717) is 5.69 Å². The van der Waals surface area contributed by atoms with E-state index in [2.05, 4.69) is 5.32 Å². The molecular formula is C12H16N2O5. The lowest BCUT2D eigenvalue weighted by atomic mass is 10.1. The maximum Gasteiger partial charge on any atom is 0.326 e. The van der Waals surface area contributed by atoms with Gasteiger partial charge in [0.25, 0.3) is 5.91 Å². The van der Waals surface area contributed by atoms with Gasteiger partial charge in [-0.25, -0.2) is 4.79 Å². The van der Waals surface area contributed by atoms with Crippen molar-refractivity contribution in [1.82, 2.24) is 5.32 Å². The number of anilines is 1. The zero-order valence-electron chi connectivity index (χ0n) is 10.4. The van der Waals surface area contributed by atoms with Crippen LogP contribution in [0.25, 0.3) is 0 Å². The van der Waals surface area contributed by atoms with Gasteiger partial charge in [0.1, 0.15) is 11.8 Å². The molecule has 1 rings (SSSR count). The molecule has 0 heterocycles. The van der Waals surface area contributed by atoms with Gasteiger partial charge in [0.15, 0.2) is 0 Å². The van der Waals surface area contributed by atoms with E-state index in [0.717, 1.165) is 0 Å². The second kappa shape index (κ2) is 6.60. The number of carbonyl (C=O) groups is 2. The van der Waals surface area contributed by atoms with Crippen molar-refractivity contribution in [3.8, 4) is 5.75 Å². The van der Waals surface area contributed by atoms with Crippen molar-refractivity contribution in [2.24, 2.45) is 0 Å². The van der Waals surface area contributed by atoms with Gasteiger partial charge in [0.05, 0.1) is 12.7 Å². The normalized spacial score (nSPS) is 11.7. The Morgan fingerprint density at radius 3 is 2.68 bits per heavy atom. The molecule has 5 N–H and O–H groups in total. The molecule has 1 amide bonds. The minimum absolute atomic E-state index is 0.0711. The molecule has 0 radical (unpaired) electrons.